The van der Waals surface area contributed by atoms with E-state index in [0.717, 1.165) is 12.0 Å². The van der Waals surface area contributed by atoms with Gasteiger partial charge in [0.25, 0.3) is 0 Å². The highest BCUT2D eigenvalue weighted by Crippen LogP contribution is 2.26. The normalized spacial score (nSPS) is 11.7. The van der Waals surface area contributed by atoms with Gasteiger partial charge in [0.2, 0.25) is 0 Å². The SMILES string of the molecule is CC[C@@H](N)c1ccccc1OCc1cc(F)cc(C#N)c1. The first-order valence-corrected chi connectivity index (χ1v) is 6.81. The highest BCUT2D eigenvalue weighted by molar-refractivity contribution is 5.37. The lowest BCUT2D eigenvalue weighted by molar-refractivity contribution is 0.300. The topological polar surface area (TPSA) is 59.0 Å². The standard InChI is InChI=1S/C17H17FN2O/c1-2-16(20)15-5-3-4-6-17(15)21-11-13-7-12(10-19)8-14(18)9-13/h3-9,16H,2,11,20H2,1H3/t16-/m1/s1. The predicted molar refractivity (Wildman–Crippen MR) is 79.1 cm³/mol. The summed E-state index contributed by atoms with van der Waals surface area (Å²) in [7, 11) is 0. The molecule has 0 saturated heterocycles. The third-order valence-corrected chi connectivity index (χ3v) is 3.24. The monoisotopic (exact) mass is 284 g/mol. The molecule has 2 aromatic rings. The van der Waals surface area contributed by atoms with Gasteiger partial charge in [-0.2, -0.15) is 5.26 Å². The number of nitriles is 1. The van der Waals surface area contributed by atoms with E-state index in [-0.39, 0.29) is 18.2 Å². The van der Waals surface area contributed by atoms with E-state index in [1.807, 2.05) is 37.3 Å². The summed E-state index contributed by atoms with van der Waals surface area (Å²) in [6.07, 6.45) is 0.804. The molecule has 0 spiro atoms. The molecule has 0 fully saturated rings. The zero-order valence-corrected chi connectivity index (χ0v) is 11.8. The molecule has 0 aliphatic heterocycles. The van der Waals surface area contributed by atoms with Crippen LogP contribution in [-0.4, -0.2) is 0 Å². The lowest BCUT2D eigenvalue weighted by Gasteiger charge is -2.15. The summed E-state index contributed by atoms with van der Waals surface area (Å²) in [6, 6.07) is 13.6. The van der Waals surface area contributed by atoms with Gasteiger partial charge in [0, 0.05) is 11.6 Å². The fourth-order valence-electron chi connectivity index (χ4n) is 2.10. The fraction of sp³-hybridized carbons (Fsp3) is 0.235. The second-order valence-corrected chi connectivity index (χ2v) is 4.80. The first-order chi connectivity index (χ1) is 10.1. The van der Waals surface area contributed by atoms with Crippen LogP contribution in [0.5, 0.6) is 5.75 Å². The summed E-state index contributed by atoms with van der Waals surface area (Å²) in [5.41, 5.74) is 7.88. The summed E-state index contributed by atoms with van der Waals surface area (Å²) in [6.45, 7) is 2.20. The molecule has 21 heavy (non-hydrogen) atoms. The molecule has 0 heterocycles. The van der Waals surface area contributed by atoms with Gasteiger partial charge in [0.1, 0.15) is 18.2 Å². The zero-order chi connectivity index (χ0) is 15.2. The van der Waals surface area contributed by atoms with Gasteiger partial charge < -0.3 is 10.5 Å². The van der Waals surface area contributed by atoms with Crippen LogP contribution >= 0.6 is 0 Å². The minimum atomic E-state index is -0.439. The number of rotatable bonds is 5. The summed E-state index contributed by atoms with van der Waals surface area (Å²) in [5, 5.41) is 8.85. The minimum absolute atomic E-state index is 0.0941. The zero-order valence-electron chi connectivity index (χ0n) is 11.8. The molecule has 0 amide bonds. The van der Waals surface area contributed by atoms with Crippen molar-refractivity contribution in [3.05, 3.63) is 65.0 Å². The first-order valence-electron chi connectivity index (χ1n) is 6.81. The van der Waals surface area contributed by atoms with E-state index < -0.39 is 5.82 Å². The molecular formula is C17H17FN2O. The summed E-state index contributed by atoms with van der Waals surface area (Å²) in [5.74, 6) is 0.251. The molecule has 2 aromatic carbocycles. The molecule has 0 radical (unpaired) electrons. The molecule has 2 rings (SSSR count). The Kier molecular flexibility index (Phi) is 4.91. The Balaban J connectivity index is 2.17. The molecule has 0 aliphatic rings. The molecule has 4 heteroatoms. The average Bonchev–Trinajstić information content (AvgIpc) is 2.51. The van der Waals surface area contributed by atoms with Crippen LogP contribution < -0.4 is 10.5 Å². The molecule has 0 bridgehead atoms. The van der Waals surface area contributed by atoms with Crippen LogP contribution in [0.4, 0.5) is 4.39 Å². The van der Waals surface area contributed by atoms with Crippen molar-refractivity contribution in [2.24, 2.45) is 5.73 Å². The van der Waals surface area contributed by atoms with E-state index in [1.54, 1.807) is 6.07 Å². The van der Waals surface area contributed by atoms with Crippen molar-refractivity contribution in [1.29, 1.82) is 5.26 Å². The van der Waals surface area contributed by atoms with Crippen LogP contribution in [0.2, 0.25) is 0 Å². The number of nitrogens with two attached hydrogens (primary N) is 1. The van der Waals surface area contributed by atoms with Crippen molar-refractivity contribution in [1.82, 2.24) is 0 Å². The van der Waals surface area contributed by atoms with Crippen molar-refractivity contribution >= 4 is 0 Å². The molecule has 0 unspecified atom stereocenters. The Morgan fingerprint density at radius 3 is 2.76 bits per heavy atom. The molecule has 108 valence electrons. The second-order valence-electron chi connectivity index (χ2n) is 4.80. The van der Waals surface area contributed by atoms with E-state index in [2.05, 4.69) is 0 Å². The van der Waals surface area contributed by atoms with Crippen molar-refractivity contribution in [2.75, 3.05) is 0 Å². The highest BCUT2D eigenvalue weighted by Gasteiger charge is 2.10. The Morgan fingerprint density at radius 1 is 1.29 bits per heavy atom. The van der Waals surface area contributed by atoms with Gasteiger partial charge >= 0.3 is 0 Å². The van der Waals surface area contributed by atoms with Gasteiger partial charge in [-0.15, -0.1) is 0 Å². The highest BCUT2D eigenvalue weighted by atomic mass is 19.1. The first kappa shape index (κ1) is 15.0. The fourth-order valence-corrected chi connectivity index (χ4v) is 2.10. The van der Waals surface area contributed by atoms with Crippen molar-refractivity contribution < 1.29 is 9.13 Å². The molecule has 0 saturated carbocycles. The van der Waals surface area contributed by atoms with Gasteiger partial charge in [-0.3, -0.25) is 0 Å². The Hall–Kier alpha value is -2.38. The third-order valence-electron chi connectivity index (χ3n) is 3.24. The summed E-state index contributed by atoms with van der Waals surface area (Å²) in [4.78, 5) is 0. The van der Waals surface area contributed by atoms with Gasteiger partial charge in [0.05, 0.1) is 11.6 Å². The number of benzene rings is 2. The van der Waals surface area contributed by atoms with E-state index >= 15 is 0 Å². The van der Waals surface area contributed by atoms with Crippen LogP contribution in [0, 0.1) is 17.1 Å². The third kappa shape index (κ3) is 3.80. The second kappa shape index (κ2) is 6.87. The molecule has 2 N–H and O–H groups in total. The van der Waals surface area contributed by atoms with E-state index in [0.29, 0.717) is 11.3 Å². The van der Waals surface area contributed by atoms with Crippen molar-refractivity contribution in [3.63, 3.8) is 0 Å². The molecule has 1 atom stereocenters. The lowest BCUT2D eigenvalue weighted by atomic mass is 10.0. The van der Waals surface area contributed by atoms with Gasteiger partial charge in [-0.1, -0.05) is 25.1 Å². The van der Waals surface area contributed by atoms with Crippen molar-refractivity contribution in [2.45, 2.75) is 26.0 Å². The maximum atomic E-state index is 13.4. The summed E-state index contributed by atoms with van der Waals surface area (Å²) >= 11 is 0. The van der Waals surface area contributed by atoms with Gasteiger partial charge in [-0.05, 0) is 36.2 Å². The number of ether oxygens (including phenoxy) is 1. The maximum Gasteiger partial charge on any atom is 0.124 e. The smallest absolute Gasteiger partial charge is 0.124 e. The van der Waals surface area contributed by atoms with Crippen LogP contribution in [0.1, 0.15) is 36.1 Å². The quantitative estimate of drug-likeness (QED) is 0.911. The Morgan fingerprint density at radius 2 is 2.05 bits per heavy atom. The minimum Gasteiger partial charge on any atom is -0.489 e. The number of hydrogen-bond donors (Lipinski definition) is 1. The Labute approximate surface area is 123 Å². The number of hydrogen-bond acceptors (Lipinski definition) is 3. The molecule has 0 aromatic heterocycles. The number of nitrogens with zero attached hydrogens (tertiary/aromatic N) is 1. The van der Waals surface area contributed by atoms with Gasteiger partial charge in [-0.25, -0.2) is 4.39 Å². The maximum absolute atomic E-state index is 13.4. The van der Waals surface area contributed by atoms with Crippen LogP contribution in [0.25, 0.3) is 0 Å². The van der Waals surface area contributed by atoms with Crippen molar-refractivity contribution in [3.8, 4) is 11.8 Å². The lowest BCUT2D eigenvalue weighted by Crippen LogP contribution is -2.10. The number of para-hydroxylation sites is 1. The largest absolute Gasteiger partial charge is 0.489 e. The van der Waals surface area contributed by atoms with Crippen LogP contribution in [-0.2, 0) is 6.61 Å². The predicted octanol–water partition coefficient (Wildman–Crippen LogP) is 3.69. The summed E-state index contributed by atoms with van der Waals surface area (Å²) < 4.78 is 19.1. The Bertz CT molecular complexity index is 664. The van der Waals surface area contributed by atoms with Crippen LogP contribution in [0.15, 0.2) is 42.5 Å². The molecule has 0 aliphatic carbocycles. The molecule has 3 nitrogen and oxygen atoms in total. The molecular weight excluding hydrogens is 267 g/mol. The van der Waals surface area contributed by atoms with E-state index in [4.69, 9.17) is 15.7 Å². The van der Waals surface area contributed by atoms with E-state index in [1.165, 1.54) is 12.1 Å². The number of halogens is 1. The van der Waals surface area contributed by atoms with E-state index in [9.17, 15) is 4.39 Å². The van der Waals surface area contributed by atoms with Crippen LogP contribution in [0.3, 0.4) is 0 Å². The average molecular weight is 284 g/mol. The van der Waals surface area contributed by atoms with Gasteiger partial charge in [0.15, 0.2) is 0 Å².